The van der Waals surface area contributed by atoms with Crippen LogP contribution in [0.15, 0.2) is 42.5 Å². The molecule has 0 aromatic heterocycles. The first-order valence-corrected chi connectivity index (χ1v) is 9.66. The minimum atomic E-state index is -0.368. The van der Waals surface area contributed by atoms with Crippen LogP contribution in [0.5, 0.6) is 17.2 Å². The molecule has 1 unspecified atom stereocenters. The lowest BCUT2D eigenvalue weighted by atomic mass is 9.89. The minimum Gasteiger partial charge on any atom is -0.497 e. The standard InChI is InChI=1S/C23H29NO4/c1-15(2)16-6-8-17(9-7-16)27-14-22(25)24-20-13-23(3,4)28-21-11-10-18(26-5)12-19(20)21/h6-12,15,20H,13-14H2,1-5H3,(H,24,25). The van der Waals surface area contributed by atoms with E-state index < -0.39 is 0 Å². The van der Waals surface area contributed by atoms with Crippen LogP contribution in [0.4, 0.5) is 0 Å². The van der Waals surface area contributed by atoms with Crippen LogP contribution in [0, 0.1) is 0 Å². The van der Waals surface area contributed by atoms with Gasteiger partial charge in [-0.1, -0.05) is 26.0 Å². The number of nitrogens with one attached hydrogen (secondary N) is 1. The van der Waals surface area contributed by atoms with Crippen LogP contribution in [0.2, 0.25) is 0 Å². The van der Waals surface area contributed by atoms with Crippen LogP contribution in [-0.2, 0) is 4.79 Å². The average Bonchev–Trinajstić information content (AvgIpc) is 2.65. The largest absolute Gasteiger partial charge is 0.497 e. The highest BCUT2D eigenvalue weighted by atomic mass is 16.5. The average molecular weight is 383 g/mol. The molecule has 1 aliphatic rings. The number of carbonyl (C=O) groups excluding carboxylic acids is 1. The SMILES string of the molecule is COc1ccc2c(c1)C(NC(=O)COc1ccc(C(C)C)cc1)CC(C)(C)O2. The molecule has 150 valence electrons. The Kier molecular flexibility index (Phi) is 5.82. The van der Waals surface area contributed by atoms with Crippen LogP contribution in [-0.4, -0.2) is 25.2 Å². The fraction of sp³-hybridized carbons (Fsp3) is 0.435. The summed E-state index contributed by atoms with van der Waals surface area (Å²) in [6.45, 7) is 8.30. The fourth-order valence-corrected chi connectivity index (χ4v) is 3.42. The summed E-state index contributed by atoms with van der Waals surface area (Å²) in [5, 5.41) is 3.08. The quantitative estimate of drug-likeness (QED) is 0.791. The van der Waals surface area contributed by atoms with Gasteiger partial charge in [-0.25, -0.2) is 0 Å². The summed E-state index contributed by atoms with van der Waals surface area (Å²) in [6.07, 6.45) is 0.669. The summed E-state index contributed by atoms with van der Waals surface area (Å²) in [5.74, 6) is 2.50. The Hall–Kier alpha value is -2.69. The van der Waals surface area contributed by atoms with Crippen molar-refractivity contribution in [1.29, 1.82) is 0 Å². The van der Waals surface area contributed by atoms with Crippen molar-refractivity contribution < 1.29 is 19.0 Å². The zero-order valence-corrected chi connectivity index (χ0v) is 17.2. The Morgan fingerprint density at radius 2 is 1.86 bits per heavy atom. The van der Waals surface area contributed by atoms with Gasteiger partial charge in [0.15, 0.2) is 6.61 Å². The first kappa shape index (κ1) is 20.1. The van der Waals surface area contributed by atoms with E-state index in [1.807, 2.05) is 56.3 Å². The third-order valence-corrected chi connectivity index (χ3v) is 4.93. The molecule has 2 aromatic rings. The maximum Gasteiger partial charge on any atom is 0.258 e. The summed E-state index contributed by atoms with van der Waals surface area (Å²) >= 11 is 0. The van der Waals surface area contributed by atoms with Crippen LogP contribution >= 0.6 is 0 Å². The Balaban J connectivity index is 1.66. The number of benzene rings is 2. The zero-order chi connectivity index (χ0) is 20.3. The van der Waals surface area contributed by atoms with Crippen molar-refractivity contribution in [1.82, 2.24) is 5.32 Å². The lowest BCUT2D eigenvalue weighted by molar-refractivity contribution is -0.124. The molecule has 0 spiro atoms. The predicted octanol–water partition coefficient (Wildman–Crippen LogP) is 4.62. The van der Waals surface area contributed by atoms with E-state index in [0.717, 1.165) is 17.1 Å². The van der Waals surface area contributed by atoms with Crippen molar-refractivity contribution in [3.8, 4) is 17.2 Å². The van der Waals surface area contributed by atoms with E-state index >= 15 is 0 Å². The fourth-order valence-electron chi connectivity index (χ4n) is 3.42. The number of methoxy groups -OCH3 is 1. The van der Waals surface area contributed by atoms with Crippen molar-refractivity contribution in [3.63, 3.8) is 0 Å². The maximum atomic E-state index is 12.5. The maximum absolute atomic E-state index is 12.5. The third kappa shape index (κ3) is 4.77. The van der Waals surface area contributed by atoms with E-state index in [1.54, 1.807) is 7.11 Å². The van der Waals surface area contributed by atoms with Crippen LogP contribution in [0.1, 0.15) is 57.2 Å². The number of fused-ring (bicyclic) bond motifs is 1. The molecule has 0 radical (unpaired) electrons. The molecule has 1 amide bonds. The van der Waals surface area contributed by atoms with Gasteiger partial charge in [-0.15, -0.1) is 0 Å². The third-order valence-electron chi connectivity index (χ3n) is 4.93. The van der Waals surface area contributed by atoms with Gasteiger partial charge in [0, 0.05) is 12.0 Å². The highest BCUT2D eigenvalue weighted by Gasteiger charge is 2.34. The van der Waals surface area contributed by atoms with Crippen molar-refractivity contribution in [2.45, 2.75) is 51.7 Å². The zero-order valence-electron chi connectivity index (χ0n) is 17.2. The number of hydrogen-bond donors (Lipinski definition) is 1. The van der Waals surface area contributed by atoms with Gasteiger partial charge < -0.3 is 19.5 Å². The van der Waals surface area contributed by atoms with Crippen molar-refractivity contribution in [2.75, 3.05) is 13.7 Å². The number of hydrogen-bond acceptors (Lipinski definition) is 4. The molecule has 1 heterocycles. The Morgan fingerprint density at radius 1 is 1.18 bits per heavy atom. The summed E-state index contributed by atoms with van der Waals surface area (Å²) < 4.78 is 17.0. The van der Waals surface area contributed by atoms with Crippen LogP contribution in [0.25, 0.3) is 0 Å². The highest BCUT2D eigenvalue weighted by Crippen LogP contribution is 2.41. The summed E-state index contributed by atoms with van der Waals surface area (Å²) in [6, 6.07) is 13.4. The highest BCUT2D eigenvalue weighted by molar-refractivity contribution is 5.78. The lowest BCUT2D eigenvalue weighted by Gasteiger charge is -2.38. The first-order chi connectivity index (χ1) is 13.3. The van der Waals surface area contributed by atoms with Gasteiger partial charge in [-0.05, 0) is 55.7 Å². The molecule has 1 aliphatic heterocycles. The van der Waals surface area contributed by atoms with Gasteiger partial charge in [0.05, 0.1) is 13.2 Å². The van der Waals surface area contributed by atoms with Crippen LogP contribution < -0.4 is 19.5 Å². The van der Waals surface area contributed by atoms with Crippen molar-refractivity contribution in [2.24, 2.45) is 0 Å². The van der Waals surface area contributed by atoms with Gasteiger partial charge in [-0.3, -0.25) is 4.79 Å². The number of amides is 1. The van der Waals surface area contributed by atoms with Crippen molar-refractivity contribution in [3.05, 3.63) is 53.6 Å². The molecule has 5 heteroatoms. The molecular weight excluding hydrogens is 354 g/mol. The molecule has 0 saturated carbocycles. The molecule has 0 saturated heterocycles. The summed E-state index contributed by atoms with van der Waals surface area (Å²) in [4.78, 5) is 12.5. The molecule has 1 N–H and O–H groups in total. The molecule has 3 rings (SSSR count). The Labute approximate surface area is 167 Å². The summed E-state index contributed by atoms with van der Waals surface area (Å²) in [5.41, 5.74) is 1.80. The molecule has 5 nitrogen and oxygen atoms in total. The van der Waals surface area contributed by atoms with Gasteiger partial charge in [0.25, 0.3) is 5.91 Å². The minimum absolute atomic E-state index is 0.0297. The van der Waals surface area contributed by atoms with E-state index in [0.29, 0.717) is 18.1 Å². The van der Waals surface area contributed by atoms with Gasteiger partial charge in [0.2, 0.25) is 0 Å². The van der Waals surface area contributed by atoms with Crippen LogP contribution in [0.3, 0.4) is 0 Å². The van der Waals surface area contributed by atoms with Gasteiger partial charge in [-0.2, -0.15) is 0 Å². The second-order valence-corrected chi connectivity index (χ2v) is 8.10. The van der Waals surface area contributed by atoms with E-state index in [9.17, 15) is 4.79 Å². The molecule has 2 aromatic carbocycles. The van der Waals surface area contributed by atoms with E-state index in [-0.39, 0.29) is 24.2 Å². The molecule has 0 aliphatic carbocycles. The van der Waals surface area contributed by atoms with E-state index in [4.69, 9.17) is 14.2 Å². The predicted molar refractivity (Wildman–Crippen MR) is 109 cm³/mol. The smallest absolute Gasteiger partial charge is 0.258 e. The topological polar surface area (TPSA) is 56.8 Å². The normalized spacial score (nSPS) is 17.4. The van der Waals surface area contributed by atoms with Gasteiger partial charge in [0.1, 0.15) is 22.8 Å². The second-order valence-electron chi connectivity index (χ2n) is 8.10. The van der Waals surface area contributed by atoms with Gasteiger partial charge >= 0.3 is 0 Å². The molecule has 28 heavy (non-hydrogen) atoms. The number of rotatable bonds is 6. The van der Waals surface area contributed by atoms with E-state index in [2.05, 4.69) is 19.2 Å². The number of ether oxygens (including phenoxy) is 3. The molecular formula is C23H29NO4. The number of carbonyl (C=O) groups is 1. The van der Waals surface area contributed by atoms with E-state index in [1.165, 1.54) is 5.56 Å². The lowest BCUT2D eigenvalue weighted by Crippen LogP contribution is -2.42. The van der Waals surface area contributed by atoms with Crippen molar-refractivity contribution >= 4 is 5.91 Å². The first-order valence-electron chi connectivity index (χ1n) is 9.66. The second kappa shape index (κ2) is 8.13. The molecule has 1 atom stereocenters. The summed E-state index contributed by atoms with van der Waals surface area (Å²) in [7, 11) is 1.63. The monoisotopic (exact) mass is 383 g/mol. The molecule has 0 bridgehead atoms. The Bertz CT molecular complexity index is 827. The Morgan fingerprint density at radius 3 is 2.50 bits per heavy atom. The molecule has 0 fully saturated rings.